The zero-order valence-electron chi connectivity index (χ0n) is 17.9. The molecule has 3 heterocycles. The third kappa shape index (κ3) is 4.06. The van der Waals surface area contributed by atoms with E-state index in [0.717, 1.165) is 35.8 Å². The number of nitrogens with zero attached hydrogens (tertiary/aromatic N) is 4. The topological polar surface area (TPSA) is 59.8 Å². The summed E-state index contributed by atoms with van der Waals surface area (Å²) in [5, 5.41) is 5.31. The van der Waals surface area contributed by atoms with Gasteiger partial charge in [0.25, 0.3) is 5.91 Å². The van der Waals surface area contributed by atoms with Crippen LogP contribution >= 0.6 is 11.6 Å². The van der Waals surface area contributed by atoms with Crippen molar-refractivity contribution in [2.45, 2.75) is 19.3 Å². The van der Waals surface area contributed by atoms with Gasteiger partial charge in [0.15, 0.2) is 5.69 Å². The van der Waals surface area contributed by atoms with Crippen molar-refractivity contribution in [2.75, 3.05) is 38.2 Å². The van der Waals surface area contributed by atoms with Crippen molar-refractivity contribution in [1.82, 2.24) is 14.7 Å². The maximum absolute atomic E-state index is 13.1. The van der Waals surface area contributed by atoms with E-state index in [1.165, 1.54) is 0 Å². The lowest BCUT2D eigenvalue weighted by Gasteiger charge is -2.36. The Balaban J connectivity index is 1.24. The van der Waals surface area contributed by atoms with Gasteiger partial charge in [0, 0.05) is 31.2 Å². The maximum atomic E-state index is 13.1. The van der Waals surface area contributed by atoms with Gasteiger partial charge < -0.3 is 19.3 Å². The van der Waals surface area contributed by atoms with Gasteiger partial charge in [0.1, 0.15) is 11.9 Å². The molecule has 1 atom stereocenters. The molecule has 0 saturated carbocycles. The highest BCUT2D eigenvalue weighted by Crippen LogP contribution is 2.30. The first-order valence-corrected chi connectivity index (χ1v) is 11.1. The summed E-state index contributed by atoms with van der Waals surface area (Å²) in [6.07, 6.45) is -0.105. The summed E-state index contributed by atoms with van der Waals surface area (Å²) in [6.45, 7) is 3.79. The summed E-state index contributed by atoms with van der Waals surface area (Å²) in [5.74, 6) is 0.818. The Morgan fingerprint density at radius 2 is 1.84 bits per heavy atom. The molecule has 1 saturated heterocycles. The molecule has 1 aromatic heterocycles. The van der Waals surface area contributed by atoms with E-state index in [1.807, 2.05) is 58.1 Å². The standard InChI is InChI=1S/C24H25ClN4O3/c1-31-22-5-3-2-4-21(22)27-10-12-28(13-11-27)24(30)20-14-19-16-32-23(15-29(19)26-20)17-6-8-18(25)9-7-17/h2-9,14,23H,10-13,15-16H2,1H3/t23-/m0/s1. The molecule has 3 aromatic rings. The minimum Gasteiger partial charge on any atom is -0.495 e. The van der Waals surface area contributed by atoms with E-state index >= 15 is 0 Å². The molecule has 1 amide bonds. The van der Waals surface area contributed by atoms with Gasteiger partial charge in [-0.05, 0) is 35.9 Å². The maximum Gasteiger partial charge on any atom is 0.274 e. The number of hydrogen-bond acceptors (Lipinski definition) is 5. The fraction of sp³-hybridized carbons (Fsp3) is 0.333. The Labute approximate surface area is 192 Å². The van der Waals surface area contributed by atoms with Gasteiger partial charge in [-0.1, -0.05) is 35.9 Å². The van der Waals surface area contributed by atoms with Crippen LogP contribution in [0.4, 0.5) is 5.69 Å². The summed E-state index contributed by atoms with van der Waals surface area (Å²) < 4.78 is 13.4. The average molecular weight is 453 g/mol. The SMILES string of the molecule is COc1ccccc1N1CCN(C(=O)c2cc3n(n2)C[C@@H](c2ccc(Cl)cc2)OC3)CC1. The molecule has 0 bridgehead atoms. The molecule has 5 rings (SSSR count). The zero-order valence-corrected chi connectivity index (χ0v) is 18.7. The zero-order chi connectivity index (χ0) is 22.1. The van der Waals surface area contributed by atoms with Crippen LogP contribution in [0.15, 0.2) is 54.6 Å². The molecule has 2 aromatic carbocycles. The smallest absolute Gasteiger partial charge is 0.274 e. The fourth-order valence-electron chi connectivity index (χ4n) is 4.31. The quantitative estimate of drug-likeness (QED) is 0.603. The normalized spacial score (nSPS) is 18.4. The number of amides is 1. The van der Waals surface area contributed by atoms with Crippen LogP contribution in [0.3, 0.4) is 0 Å². The van der Waals surface area contributed by atoms with E-state index < -0.39 is 0 Å². The number of piperazine rings is 1. The lowest BCUT2D eigenvalue weighted by molar-refractivity contribution is -0.00121. The summed E-state index contributed by atoms with van der Waals surface area (Å²) in [7, 11) is 1.68. The predicted molar refractivity (Wildman–Crippen MR) is 122 cm³/mol. The molecule has 0 radical (unpaired) electrons. The average Bonchev–Trinajstić information content (AvgIpc) is 3.27. The summed E-state index contributed by atoms with van der Waals surface area (Å²) in [5.41, 5.74) is 3.51. The Hall–Kier alpha value is -3.03. The number of methoxy groups -OCH3 is 1. The van der Waals surface area contributed by atoms with Crippen molar-refractivity contribution in [3.63, 3.8) is 0 Å². The molecule has 2 aliphatic rings. The number of ether oxygens (including phenoxy) is 2. The van der Waals surface area contributed by atoms with Crippen LogP contribution in [0.2, 0.25) is 5.02 Å². The Morgan fingerprint density at radius 1 is 1.09 bits per heavy atom. The minimum absolute atomic E-state index is 0.0328. The van der Waals surface area contributed by atoms with E-state index in [9.17, 15) is 4.79 Å². The number of carbonyl (C=O) groups is 1. The van der Waals surface area contributed by atoms with Crippen LogP contribution < -0.4 is 9.64 Å². The molecule has 7 nitrogen and oxygen atoms in total. The highest BCUT2D eigenvalue weighted by Gasteiger charge is 2.28. The van der Waals surface area contributed by atoms with E-state index in [1.54, 1.807) is 7.11 Å². The lowest BCUT2D eigenvalue weighted by Crippen LogP contribution is -2.49. The first kappa shape index (κ1) is 20.8. The number of hydrogen-bond donors (Lipinski definition) is 0. The number of para-hydroxylation sites is 2. The van der Waals surface area contributed by atoms with Gasteiger partial charge in [-0.15, -0.1) is 0 Å². The van der Waals surface area contributed by atoms with Gasteiger partial charge in [0.05, 0.1) is 31.6 Å². The number of halogens is 1. The van der Waals surface area contributed by atoms with Gasteiger partial charge in [-0.2, -0.15) is 5.10 Å². The highest BCUT2D eigenvalue weighted by molar-refractivity contribution is 6.30. The van der Waals surface area contributed by atoms with Crippen molar-refractivity contribution in [3.05, 3.63) is 76.6 Å². The lowest BCUT2D eigenvalue weighted by atomic mass is 10.1. The van der Waals surface area contributed by atoms with Crippen molar-refractivity contribution in [2.24, 2.45) is 0 Å². The van der Waals surface area contributed by atoms with Crippen LogP contribution in [0, 0.1) is 0 Å². The first-order valence-electron chi connectivity index (χ1n) is 10.7. The van der Waals surface area contributed by atoms with Crippen LogP contribution in [-0.2, 0) is 17.9 Å². The summed E-state index contributed by atoms with van der Waals surface area (Å²) >= 11 is 5.99. The third-order valence-electron chi connectivity index (χ3n) is 6.09. The molecule has 0 aliphatic carbocycles. The van der Waals surface area contributed by atoms with Crippen molar-refractivity contribution in [1.29, 1.82) is 0 Å². The van der Waals surface area contributed by atoms with Crippen LogP contribution in [0.25, 0.3) is 0 Å². The Morgan fingerprint density at radius 3 is 2.59 bits per heavy atom. The monoisotopic (exact) mass is 452 g/mol. The second-order valence-electron chi connectivity index (χ2n) is 8.01. The number of aromatic nitrogens is 2. The number of benzene rings is 2. The summed E-state index contributed by atoms with van der Waals surface area (Å²) in [6, 6.07) is 17.5. The second-order valence-corrected chi connectivity index (χ2v) is 8.44. The highest BCUT2D eigenvalue weighted by atomic mass is 35.5. The molecule has 166 valence electrons. The van der Waals surface area contributed by atoms with Crippen molar-refractivity contribution < 1.29 is 14.3 Å². The summed E-state index contributed by atoms with van der Waals surface area (Å²) in [4.78, 5) is 17.3. The van der Waals surface area contributed by atoms with Gasteiger partial charge in [0.2, 0.25) is 0 Å². The number of rotatable bonds is 4. The van der Waals surface area contributed by atoms with Gasteiger partial charge in [-0.3, -0.25) is 9.48 Å². The number of fused-ring (bicyclic) bond motifs is 1. The largest absolute Gasteiger partial charge is 0.495 e. The molecule has 0 N–H and O–H groups in total. The molecular formula is C24H25ClN4O3. The fourth-order valence-corrected chi connectivity index (χ4v) is 4.44. The van der Waals surface area contributed by atoms with Crippen LogP contribution in [0.1, 0.15) is 27.8 Å². The molecule has 0 unspecified atom stereocenters. The van der Waals surface area contributed by atoms with Gasteiger partial charge in [-0.25, -0.2) is 0 Å². The molecular weight excluding hydrogens is 428 g/mol. The minimum atomic E-state index is -0.105. The van der Waals surface area contributed by atoms with E-state index in [4.69, 9.17) is 21.1 Å². The Kier molecular flexibility index (Phi) is 5.76. The van der Waals surface area contributed by atoms with Crippen LogP contribution in [-0.4, -0.2) is 53.9 Å². The van der Waals surface area contributed by atoms with Crippen molar-refractivity contribution in [3.8, 4) is 5.75 Å². The predicted octanol–water partition coefficient (Wildman–Crippen LogP) is 3.78. The van der Waals surface area contributed by atoms with E-state index in [2.05, 4.69) is 16.1 Å². The molecule has 32 heavy (non-hydrogen) atoms. The molecule has 8 heteroatoms. The molecule has 1 fully saturated rings. The molecule has 0 spiro atoms. The molecule has 2 aliphatic heterocycles. The number of anilines is 1. The first-order chi connectivity index (χ1) is 15.6. The second kappa shape index (κ2) is 8.84. The van der Waals surface area contributed by atoms with Gasteiger partial charge >= 0.3 is 0 Å². The number of carbonyl (C=O) groups excluding carboxylic acids is 1. The third-order valence-corrected chi connectivity index (χ3v) is 6.34. The van der Waals surface area contributed by atoms with Crippen molar-refractivity contribution >= 4 is 23.2 Å². The van der Waals surface area contributed by atoms with E-state index in [-0.39, 0.29) is 12.0 Å². The van der Waals surface area contributed by atoms with E-state index in [0.29, 0.717) is 37.0 Å². The van der Waals surface area contributed by atoms with Crippen LogP contribution in [0.5, 0.6) is 5.75 Å². The Bertz CT molecular complexity index is 1110.